The molecule has 1 N–H and O–H groups in total. The molecule has 0 unspecified atom stereocenters. The second-order valence-electron chi connectivity index (χ2n) is 6.03. The number of amides is 1. The Morgan fingerprint density at radius 3 is 2.52 bits per heavy atom. The maximum atomic E-state index is 11.9. The van der Waals surface area contributed by atoms with Gasteiger partial charge in [0.25, 0.3) is 11.6 Å². The van der Waals surface area contributed by atoms with Gasteiger partial charge in [-0.05, 0) is 24.5 Å². The number of nitrogens with one attached hydrogen (secondary N) is 1. The molecule has 0 fully saturated rings. The van der Waals surface area contributed by atoms with Crippen molar-refractivity contribution >= 4 is 29.6 Å². The highest BCUT2D eigenvalue weighted by atomic mass is 16.6. The van der Waals surface area contributed by atoms with E-state index in [1.165, 1.54) is 31.4 Å². The Hall–Kier alpha value is -3.23. The summed E-state index contributed by atoms with van der Waals surface area (Å²) in [7, 11) is 1.22. The Morgan fingerprint density at radius 2 is 1.93 bits per heavy atom. The summed E-state index contributed by atoms with van der Waals surface area (Å²) < 4.78 is 9.42. The Balaban J connectivity index is 2.59. The first-order valence-corrected chi connectivity index (χ1v) is 8.20. The van der Waals surface area contributed by atoms with Crippen LogP contribution in [0.1, 0.15) is 25.8 Å². The number of methoxy groups -OCH3 is 1. The highest BCUT2D eigenvalue weighted by Crippen LogP contribution is 2.18. The van der Waals surface area contributed by atoms with Crippen LogP contribution in [-0.4, -0.2) is 42.5 Å². The van der Waals surface area contributed by atoms with Crippen molar-refractivity contribution < 1.29 is 28.8 Å². The van der Waals surface area contributed by atoms with E-state index in [9.17, 15) is 24.5 Å². The lowest BCUT2D eigenvalue weighted by molar-refractivity contribution is -0.385. The topological polar surface area (TPSA) is 125 Å². The number of nitrogens with zero attached hydrogens (tertiary/aromatic N) is 1. The Kier molecular flexibility index (Phi) is 8.64. The van der Waals surface area contributed by atoms with Crippen LogP contribution in [0.15, 0.2) is 30.3 Å². The van der Waals surface area contributed by atoms with Gasteiger partial charge in [-0.1, -0.05) is 26.0 Å². The molecule has 0 saturated carbocycles. The molecular formula is C18H22N2O7. The third kappa shape index (κ3) is 7.68. The van der Waals surface area contributed by atoms with E-state index in [0.717, 1.165) is 6.08 Å². The van der Waals surface area contributed by atoms with Crippen LogP contribution < -0.4 is 5.32 Å². The van der Waals surface area contributed by atoms with Gasteiger partial charge in [-0.25, -0.2) is 9.59 Å². The Morgan fingerprint density at radius 1 is 1.26 bits per heavy atom. The fourth-order valence-corrected chi connectivity index (χ4v) is 2.20. The van der Waals surface area contributed by atoms with Crippen molar-refractivity contribution in [1.82, 2.24) is 5.32 Å². The van der Waals surface area contributed by atoms with Crippen LogP contribution in [0.5, 0.6) is 0 Å². The quantitative estimate of drug-likeness (QED) is 0.301. The van der Waals surface area contributed by atoms with Crippen molar-refractivity contribution in [2.75, 3.05) is 13.7 Å². The van der Waals surface area contributed by atoms with Gasteiger partial charge < -0.3 is 14.8 Å². The zero-order valence-electron chi connectivity index (χ0n) is 15.3. The summed E-state index contributed by atoms with van der Waals surface area (Å²) in [6, 6.07) is 5.05. The maximum absolute atomic E-state index is 11.9. The number of benzene rings is 1. The van der Waals surface area contributed by atoms with Crippen LogP contribution in [-0.2, 0) is 23.9 Å². The Labute approximate surface area is 156 Å². The summed E-state index contributed by atoms with van der Waals surface area (Å²) in [4.78, 5) is 45.6. The fourth-order valence-electron chi connectivity index (χ4n) is 2.20. The zero-order valence-corrected chi connectivity index (χ0v) is 15.3. The molecule has 146 valence electrons. The van der Waals surface area contributed by atoms with Crippen LogP contribution >= 0.6 is 0 Å². The molecule has 1 atom stereocenters. The van der Waals surface area contributed by atoms with Gasteiger partial charge in [0, 0.05) is 12.1 Å². The molecule has 0 heterocycles. The largest absolute Gasteiger partial charge is 0.467 e. The lowest BCUT2D eigenvalue weighted by Gasteiger charge is -2.18. The van der Waals surface area contributed by atoms with Gasteiger partial charge in [-0.3, -0.25) is 14.9 Å². The van der Waals surface area contributed by atoms with E-state index in [-0.39, 0.29) is 17.2 Å². The van der Waals surface area contributed by atoms with E-state index in [1.54, 1.807) is 6.07 Å². The number of nitro benzene ring substituents is 1. The minimum atomic E-state index is -0.846. The van der Waals surface area contributed by atoms with Crippen molar-refractivity contribution in [3.8, 4) is 0 Å². The normalized spacial score (nSPS) is 11.9. The minimum absolute atomic E-state index is 0.140. The predicted molar refractivity (Wildman–Crippen MR) is 96.5 cm³/mol. The van der Waals surface area contributed by atoms with Gasteiger partial charge in [0.1, 0.15) is 6.04 Å². The summed E-state index contributed by atoms with van der Waals surface area (Å²) in [6.07, 6.45) is 2.60. The molecule has 1 aromatic carbocycles. The van der Waals surface area contributed by atoms with Crippen molar-refractivity contribution in [3.05, 3.63) is 46.0 Å². The first-order valence-electron chi connectivity index (χ1n) is 8.20. The third-order valence-electron chi connectivity index (χ3n) is 3.41. The van der Waals surface area contributed by atoms with E-state index in [4.69, 9.17) is 4.74 Å². The Bertz CT molecular complexity index is 728. The first kappa shape index (κ1) is 21.8. The maximum Gasteiger partial charge on any atom is 0.331 e. The molecule has 9 nitrogen and oxygen atoms in total. The van der Waals surface area contributed by atoms with Crippen LogP contribution in [0.2, 0.25) is 0 Å². The number of hydrogen-bond donors (Lipinski definition) is 1. The van der Waals surface area contributed by atoms with Gasteiger partial charge in [0.05, 0.1) is 17.6 Å². The average Bonchev–Trinajstić information content (AvgIpc) is 2.63. The number of rotatable bonds is 9. The van der Waals surface area contributed by atoms with E-state index >= 15 is 0 Å². The van der Waals surface area contributed by atoms with Crippen molar-refractivity contribution in [1.29, 1.82) is 0 Å². The molecule has 0 spiro atoms. The summed E-state index contributed by atoms with van der Waals surface area (Å²) in [6.45, 7) is 3.18. The lowest BCUT2D eigenvalue weighted by Crippen LogP contribution is -2.44. The molecule has 0 aliphatic heterocycles. The molecule has 0 radical (unpaired) electrons. The first-order chi connectivity index (χ1) is 12.7. The summed E-state index contributed by atoms with van der Waals surface area (Å²) in [5.74, 6) is -1.94. The van der Waals surface area contributed by atoms with Crippen LogP contribution in [0.4, 0.5) is 5.69 Å². The van der Waals surface area contributed by atoms with Gasteiger partial charge in [-0.2, -0.15) is 0 Å². The molecule has 0 aliphatic carbocycles. The number of carbonyl (C=O) groups excluding carboxylic acids is 3. The summed E-state index contributed by atoms with van der Waals surface area (Å²) >= 11 is 0. The molecule has 27 heavy (non-hydrogen) atoms. The number of esters is 2. The molecule has 1 amide bonds. The summed E-state index contributed by atoms with van der Waals surface area (Å²) in [5.41, 5.74) is 0.0699. The van der Waals surface area contributed by atoms with E-state index in [1.807, 2.05) is 13.8 Å². The molecular weight excluding hydrogens is 356 g/mol. The number of nitro groups is 1. The second-order valence-corrected chi connectivity index (χ2v) is 6.03. The van der Waals surface area contributed by atoms with Gasteiger partial charge in [0.2, 0.25) is 0 Å². The monoisotopic (exact) mass is 378 g/mol. The van der Waals surface area contributed by atoms with Gasteiger partial charge in [0.15, 0.2) is 6.61 Å². The van der Waals surface area contributed by atoms with Crippen molar-refractivity contribution in [3.63, 3.8) is 0 Å². The number of ether oxygens (including phenoxy) is 2. The van der Waals surface area contributed by atoms with Crippen molar-refractivity contribution in [2.24, 2.45) is 5.92 Å². The highest BCUT2D eigenvalue weighted by molar-refractivity contribution is 5.90. The second kappa shape index (κ2) is 10.7. The number of para-hydroxylation sites is 1. The SMILES string of the molecule is COC(=O)[C@H](CC(C)C)NC(=O)COC(=O)/C=C/c1ccccc1[N+](=O)[O-]. The molecule has 0 aliphatic rings. The van der Waals surface area contributed by atoms with E-state index < -0.39 is 35.4 Å². The smallest absolute Gasteiger partial charge is 0.331 e. The van der Waals surface area contributed by atoms with Crippen LogP contribution in [0.25, 0.3) is 6.08 Å². The number of hydrogen-bond acceptors (Lipinski definition) is 7. The molecule has 0 bridgehead atoms. The van der Waals surface area contributed by atoms with Crippen molar-refractivity contribution in [2.45, 2.75) is 26.3 Å². The van der Waals surface area contributed by atoms with Crippen LogP contribution in [0, 0.1) is 16.0 Å². The third-order valence-corrected chi connectivity index (χ3v) is 3.41. The van der Waals surface area contributed by atoms with E-state index in [0.29, 0.717) is 6.42 Å². The number of carbonyl (C=O) groups is 3. The molecule has 1 rings (SSSR count). The zero-order chi connectivity index (χ0) is 20.4. The fraction of sp³-hybridized carbons (Fsp3) is 0.389. The molecule has 0 saturated heterocycles. The van der Waals surface area contributed by atoms with Gasteiger partial charge in [-0.15, -0.1) is 0 Å². The lowest BCUT2D eigenvalue weighted by atomic mass is 10.0. The average molecular weight is 378 g/mol. The van der Waals surface area contributed by atoms with Crippen LogP contribution in [0.3, 0.4) is 0 Å². The molecule has 0 aromatic heterocycles. The molecule has 1 aromatic rings. The highest BCUT2D eigenvalue weighted by Gasteiger charge is 2.22. The van der Waals surface area contributed by atoms with Gasteiger partial charge >= 0.3 is 11.9 Å². The minimum Gasteiger partial charge on any atom is -0.467 e. The van der Waals surface area contributed by atoms with E-state index in [2.05, 4.69) is 10.1 Å². The molecule has 9 heteroatoms. The predicted octanol–water partition coefficient (Wildman–Crippen LogP) is 1.86. The summed E-state index contributed by atoms with van der Waals surface area (Å²) in [5, 5.41) is 13.4. The standard InChI is InChI=1S/C18H22N2O7/c1-12(2)10-14(18(23)26-3)19-16(21)11-27-17(22)9-8-13-6-4-5-7-15(13)20(24)25/h4-9,12,14H,10-11H2,1-3H3,(H,19,21)/b9-8+/t14-/m0/s1.